The van der Waals surface area contributed by atoms with Crippen LogP contribution in [0.25, 0.3) is 0 Å². The summed E-state index contributed by atoms with van der Waals surface area (Å²) in [5.41, 5.74) is 4.15. The fourth-order valence-electron chi connectivity index (χ4n) is 5.00. The van der Waals surface area contributed by atoms with Crippen LogP contribution in [-0.2, 0) is 14.3 Å². The van der Waals surface area contributed by atoms with E-state index in [1.807, 2.05) is 43.3 Å². The second-order valence-corrected chi connectivity index (χ2v) is 9.43. The lowest BCUT2D eigenvalue weighted by Gasteiger charge is -2.37. The number of nitrogens with one attached hydrogen (secondary N) is 1. The highest BCUT2D eigenvalue weighted by Crippen LogP contribution is 2.48. The Morgan fingerprint density at radius 3 is 2.29 bits per heavy atom. The molecule has 0 spiro atoms. The van der Waals surface area contributed by atoms with E-state index in [4.69, 9.17) is 18.9 Å². The van der Waals surface area contributed by atoms with Gasteiger partial charge in [0.2, 0.25) is 0 Å². The Morgan fingerprint density at radius 2 is 1.63 bits per heavy atom. The van der Waals surface area contributed by atoms with Crippen LogP contribution in [0.5, 0.6) is 17.2 Å². The number of carbonyl (C=O) groups is 2. The van der Waals surface area contributed by atoms with E-state index in [0.29, 0.717) is 46.9 Å². The topological polar surface area (TPSA) is 83.1 Å². The minimum atomic E-state index is -0.606. The Morgan fingerprint density at radius 1 is 0.943 bits per heavy atom. The number of halogens is 1. The van der Waals surface area contributed by atoms with E-state index in [0.717, 1.165) is 21.3 Å². The van der Waals surface area contributed by atoms with Gasteiger partial charge in [-0.3, -0.25) is 4.79 Å². The van der Waals surface area contributed by atoms with Crippen LogP contribution in [0.1, 0.15) is 42.7 Å². The molecule has 8 heteroatoms. The van der Waals surface area contributed by atoms with Gasteiger partial charge in [0.05, 0.1) is 39.9 Å². The van der Waals surface area contributed by atoms with Gasteiger partial charge in [0, 0.05) is 33.4 Å². The van der Waals surface area contributed by atoms with Gasteiger partial charge in [-0.1, -0.05) is 22.0 Å². The number of hydrogen-bond acceptors (Lipinski definition) is 7. The second-order valence-electron chi connectivity index (χ2n) is 8.51. The van der Waals surface area contributed by atoms with Crippen LogP contribution in [0.2, 0.25) is 0 Å². The molecular formula is C27H28BrNO6. The van der Waals surface area contributed by atoms with Crippen molar-refractivity contribution < 1.29 is 28.5 Å². The minimum absolute atomic E-state index is 0.0283. The van der Waals surface area contributed by atoms with Crippen molar-refractivity contribution >= 4 is 27.7 Å². The number of ether oxygens (including phenoxy) is 4. The van der Waals surface area contributed by atoms with Gasteiger partial charge < -0.3 is 24.3 Å². The molecule has 0 unspecified atom stereocenters. The second kappa shape index (κ2) is 10.2. The lowest BCUT2D eigenvalue weighted by Crippen LogP contribution is -2.36. The van der Waals surface area contributed by atoms with Crippen LogP contribution in [0.15, 0.2) is 63.4 Å². The number of ketones is 1. The van der Waals surface area contributed by atoms with Crippen molar-refractivity contribution in [3.8, 4) is 17.2 Å². The number of benzene rings is 2. The number of carbonyl (C=O) groups excluding carboxylic acids is 2. The van der Waals surface area contributed by atoms with Crippen LogP contribution >= 0.6 is 15.9 Å². The predicted octanol–water partition coefficient (Wildman–Crippen LogP) is 5.01. The summed E-state index contributed by atoms with van der Waals surface area (Å²) in [5.74, 6) is 0.682. The fourth-order valence-corrected chi connectivity index (χ4v) is 5.38. The van der Waals surface area contributed by atoms with Crippen molar-refractivity contribution in [2.24, 2.45) is 0 Å². The molecule has 35 heavy (non-hydrogen) atoms. The molecule has 0 bridgehead atoms. The summed E-state index contributed by atoms with van der Waals surface area (Å²) >= 11 is 3.52. The van der Waals surface area contributed by atoms with E-state index in [9.17, 15) is 9.59 Å². The first kappa shape index (κ1) is 24.9. The maximum Gasteiger partial charge on any atom is 0.336 e. The standard InChI is InChI=1S/C27H28BrNO6/c1-14-24(27(31)35-5)25(18-13-17(28)7-9-21(18)32-2)26-19(29-14)10-16(11-20(26)30)15-6-8-22(33-3)23(12-15)34-4/h6-9,12-13,16,25,29H,10-11H2,1-5H3/t16-,25+/m1/s1. The van der Waals surface area contributed by atoms with Crippen molar-refractivity contribution in [1.82, 2.24) is 5.32 Å². The Labute approximate surface area is 213 Å². The zero-order valence-corrected chi connectivity index (χ0v) is 21.9. The van der Waals surface area contributed by atoms with Gasteiger partial charge in [-0.05, 0) is 55.2 Å². The quantitative estimate of drug-likeness (QED) is 0.514. The number of Topliss-reactive ketones (excluding diaryl/α,β-unsaturated/α-hetero) is 1. The van der Waals surface area contributed by atoms with E-state index in [-0.39, 0.29) is 11.7 Å². The van der Waals surface area contributed by atoms with E-state index in [2.05, 4.69) is 21.2 Å². The SMILES string of the molecule is COC(=O)C1=C(C)NC2=C(C(=O)C[C@H](c3ccc(OC)c(OC)c3)C2)[C@H]1c1cc(Br)ccc1OC. The van der Waals surface area contributed by atoms with Gasteiger partial charge in [-0.15, -0.1) is 0 Å². The average molecular weight is 542 g/mol. The van der Waals surface area contributed by atoms with Gasteiger partial charge >= 0.3 is 5.97 Å². The number of allylic oxidation sites excluding steroid dienone is 3. The number of methoxy groups -OCH3 is 4. The highest BCUT2D eigenvalue weighted by atomic mass is 79.9. The van der Waals surface area contributed by atoms with Crippen LogP contribution in [0.4, 0.5) is 0 Å². The molecule has 0 amide bonds. The third-order valence-electron chi connectivity index (χ3n) is 6.61. The molecule has 4 rings (SSSR count). The summed E-state index contributed by atoms with van der Waals surface area (Å²) in [6, 6.07) is 11.3. The predicted molar refractivity (Wildman–Crippen MR) is 135 cm³/mol. The highest BCUT2D eigenvalue weighted by molar-refractivity contribution is 9.10. The van der Waals surface area contributed by atoms with Crippen LogP contribution in [-0.4, -0.2) is 40.2 Å². The molecule has 184 valence electrons. The third-order valence-corrected chi connectivity index (χ3v) is 7.11. The normalized spacial score (nSPS) is 19.7. The summed E-state index contributed by atoms with van der Waals surface area (Å²) < 4.78 is 22.4. The van der Waals surface area contributed by atoms with Crippen LogP contribution in [0, 0.1) is 0 Å². The zero-order valence-electron chi connectivity index (χ0n) is 20.4. The molecule has 2 atom stereocenters. The Hall–Kier alpha value is -3.26. The smallest absolute Gasteiger partial charge is 0.336 e. The Balaban J connectivity index is 1.83. The molecule has 2 aliphatic rings. The van der Waals surface area contributed by atoms with E-state index in [1.165, 1.54) is 7.11 Å². The molecule has 1 aliphatic carbocycles. The number of esters is 1. The molecule has 0 saturated carbocycles. The van der Waals surface area contributed by atoms with Crippen LogP contribution in [0.3, 0.4) is 0 Å². The van der Waals surface area contributed by atoms with Gasteiger partial charge in [0.1, 0.15) is 5.75 Å². The zero-order chi connectivity index (χ0) is 25.3. The van der Waals surface area contributed by atoms with E-state index < -0.39 is 11.9 Å². The molecular weight excluding hydrogens is 514 g/mol. The summed E-state index contributed by atoms with van der Waals surface area (Å²) in [6.45, 7) is 1.83. The number of hydrogen-bond donors (Lipinski definition) is 1. The van der Waals surface area contributed by atoms with Crippen molar-refractivity contribution in [1.29, 1.82) is 0 Å². The summed E-state index contributed by atoms with van der Waals surface area (Å²) in [6.07, 6.45) is 0.908. The molecule has 1 heterocycles. The molecule has 1 aliphatic heterocycles. The molecule has 2 aromatic carbocycles. The Bertz CT molecular complexity index is 1250. The van der Waals surface area contributed by atoms with Crippen molar-refractivity contribution in [3.63, 3.8) is 0 Å². The van der Waals surface area contributed by atoms with Crippen molar-refractivity contribution in [3.05, 3.63) is 74.5 Å². The summed E-state index contributed by atoms with van der Waals surface area (Å²) in [5, 5.41) is 3.35. The van der Waals surface area contributed by atoms with Crippen molar-refractivity contribution in [2.45, 2.75) is 31.6 Å². The molecule has 2 aromatic rings. The fraction of sp³-hybridized carbons (Fsp3) is 0.333. The molecule has 0 radical (unpaired) electrons. The van der Waals surface area contributed by atoms with Crippen LogP contribution < -0.4 is 19.5 Å². The first-order valence-electron chi connectivity index (χ1n) is 11.2. The van der Waals surface area contributed by atoms with Gasteiger partial charge in [-0.25, -0.2) is 4.79 Å². The lowest BCUT2D eigenvalue weighted by atomic mass is 9.71. The van der Waals surface area contributed by atoms with Crippen molar-refractivity contribution in [2.75, 3.05) is 28.4 Å². The summed E-state index contributed by atoms with van der Waals surface area (Å²) in [7, 11) is 6.11. The maximum atomic E-state index is 13.7. The molecule has 1 N–H and O–H groups in total. The largest absolute Gasteiger partial charge is 0.496 e. The first-order chi connectivity index (χ1) is 16.8. The number of dihydropyridines is 1. The monoisotopic (exact) mass is 541 g/mol. The molecule has 0 aromatic heterocycles. The van der Waals surface area contributed by atoms with E-state index >= 15 is 0 Å². The summed E-state index contributed by atoms with van der Waals surface area (Å²) in [4.78, 5) is 26.7. The molecule has 7 nitrogen and oxygen atoms in total. The molecule has 0 fully saturated rings. The van der Waals surface area contributed by atoms with Gasteiger partial charge in [0.15, 0.2) is 17.3 Å². The molecule has 0 saturated heterocycles. The Kier molecular flexibility index (Phi) is 7.21. The van der Waals surface area contributed by atoms with Gasteiger partial charge in [0.25, 0.3) is 0 Å². The lowest BCUT2D eigenvalue weighted by molar-refractivity contribution is -0.136. The highest BCUT2D eigenvalue weighted by Gasteiger charge is 2.42. The first-order valence-corrected chi connectivity index (χ1v) is 12.0. The third kappa shape index (κ3) is 4.55. The maximum absolute atomic E-state index is 13.7. The minimum Gasteiger partial charge on any atom is -0.496 e. The van der Waals surface area contributed by atoms with E-state index in [1.54, 1.807) is 21.3 Å². The number of rotatable bonds is 6. The van der Waals surface area contributed by atoms with Gasteiger partial charge in [-0.2, -0.15) is 0 Å². The average Bonchev–Trinajstić information content (AvgIpc) is 2.86.